The summed E-state index contributed by atoms with van der Waals surface area (Å²) in [5, 5.41) is 9.65. The molecule has 0 saturated carbocycles. The molecule has 7 heteroatoms. The number of halogens is 1. The van der Waals surface area contributed by atoms with E-state index in [0.717, 1.165) is 11.6 Å². The van der Waals surface area contributed by atoms with Crippen LogP contribution in [0.3, 0.4) is 0 Å². The number of pyridine rings is 1. The van der Waals surface area contributed by atoms with Crippen LogP contribution in [-0.4, -0.2) is 45.6 Å². The van der Waals surface area contributed by atoms with E-state index in [0.29, 0.717) is 0 Å². The maximum Gasteiger partial charge on any atom is 0.348 e. The predicted molar refractivity (Wildman–Crippen MR) is 91.1 cm³/mol. The van der Waals surface area contributed by atoms with Gasteiger partial charge in [-0.15, -0.1) is 0 Å². The molecule has 1 saturated heterocycles. The number of carbonyl (C=O) groups excluding carboxylic acids is 1. The van der Waals surface area contributed by atoms with Crippen molar-refractivity contribution in [2.24, 2.45) is 0 Å². The number of aromatic nitrogens is 1. The van der Waals surface area contributed by atoms with Crippen LogP contribution in [0.25, 0.3) is 0 Å². The number of likely N-dealkylation sites (tertiary alicyclic amines) is 1. The minimum absolute atomic E-state index is 0.0686. The fraction of sp³-hybridized carbons (Fsp3) is 0.316. The number of amides is 1. The number of ether oxygens (including phenoxy) is 1. The Kier molecular flexibility index (Phi) is 5.16. The van der Waals surface area contributed by atoms with Gasteiger partial charge in [0, 0.05) is 44.4 Å². The van der Waals surface area contributed by atoms with Crippen LogP contribution < -0.4 is 4.74 Å². The van der Waals surface area contributed by atoms with E-state index in [2.05, 4.69) is 4.98 Å². The highest BCUT2D eigenvalue weighted by Crippen LogP contribution is 2.30. The van der Waals surface area contributed by atoms with Crippen molar-refractivity contribution in [1.82, 2.24) is 9.88 Å². The minimum atomic E-state index is -1.46. The first-order chi connectivity index (χ1) is 12.5. The normalized spacial score (nSPS) is 16.1. The summed E-state index contributed by atoms with van der Waals surface area (Å²) < 4.78 is 19.0. The van der Waals surface area contributed by atoms with E-state index in [4.69, 9.17) is 4.74 Å². The van der Waals surface area contributed by atoms with E-state index in [-0.39, 0.29) is 44.0 Å². The van der Waals surface area contributed by atoms with Crippen molar-refractivity contribution >= 4 is 11.9 Å². The molecule has 136 valence electrons. The Hall–Kier alpha value is -2.96. The first-order valence-corrected chi connectivity index (χ1v) is 8.33. The van der Waals surface area contributed by atoms with Crippen LogP contribution in [0.15, 0.2) is 48.8 Å². The lowest BCUT2D eigenvalue weighted by Crippen LogP contribution is -2.54. The Morgan fingerprint density at radius 3 is 2.50 bits per heavy atom. The Labute approximate surface area is 150 Å². The van der Waals surface area contributed by atoms with Gasteiger partial charge in [0.1, 0.15) is 11.6 Å². The van der Waals surface area contributed by atoms with Gasteiger partial charge in [-0.05, 0) is 29.8 Å². The first-order valence-electron chi connectivity index (χ1n) is 8.33. The molecule has 1 aromatic carbocycles. The maximum atomic E-state index is 13.3. The van der Waals surface area contributed by atoms with Crippen LogP contribution >= 0.6 is 0 Å². The Morgan fingerprint density at radius 1 is 1.19 bits per heavy atom. The second kappa shape index (κ2) is 7.51. The summed E-state index contributed by atoms with van der Waals surface area (Å²) in [4.78, 5) is 29.8. The number of carbonyl (C=O) groups is 2. The molecule has 1 aromatic heterocycles. The molecule has 2 heterocycles. The summed E-state index contributed by atoms with van der Waals surface area (Å²) in [5.74, 6) is -1.50. The molecule has 2 aromatic rings. The van der Waals surface area contributed by atoms with Gasteiger partial charge >= 0.3 is 5.97 Å². The average Bonchev–Trinajstić information content (AvgIpc) is 2.63. The fourth-order valence-electron chi connectivity index (χ4n) is 3.02. The summed E-state index contributed by atoms with van der Waals surface area (Å²) in [6, 6.07) is 8.96. The number of nitrogens with zero attached hydrogens (tertiary/aromatic N) is 2. The SMILES string of the molecule is O=C(Cc1ccncc1)N1CCC(Oc2cccc(F)c2)(C(=O)O)CC1. The van der Waals surface area contributed by atoms with E-state index in [1.165, 1.54) is 18.2 Å². The standard InChI is InChI=1S/C19H19FN2O4/c20-15-2-1-3-16(13-15)26-19(18(24)25)6-10-22(11-7-19)17(23)12-14-4-8-21-9-5-14/h1-5,8-9,13H,6-7,10-12H2,(H,24,25). The molecule has 0 radical (unpaired) electrons. The zero-order valence-corrected chi connectivity index (χ0v) is 14.1. The molecule has 3 rings (SSSR count). The molecular weight excluding hydrogens is 339 g/mol. The van der Waals surface area contributed by atoms with Gasteiger partial charge < -0.3 is 14.7 Å². The fourth-order valence-corrected chi connectivity index (χ4v) is 3.02. The van der Waals surface area contributed by atoms with Crippen LogP contribution in [0.2, 0.25) is 0 Å². The Morgan fingerprint density at radius 2 is 1.88 bits per heavy atom. The highest BCUT2D eigenvalue weighted by atomic mass is 19.1. The van der Waals surface area contributed by atoms with Crippen molar-refractivity contribution in [2.45, 2.75) is 24.9 Å². The second-order valence-electron chi connectivity index (χ2n) is 6.27. The van der Waals surface area contributed by atoms with Gasteiger partial charge in [0.25, 0.3) is 0 Å². The average molecular weight is 358 g/mol. The molecule has 1 aliphatic heterocycles. The molecule has 26 heavy (non-hydrogen) atoms. The highest BCUT2D eigenvalue weighted by Gasteiger charge is 2.45. The number of benzene rings is 1. The van der Waals surface area contributed by atoms with Crippen molar-refractivity contribution in [3.05, 3.63) is 60.2 Å². The van der Waals surface area contributed by atoms with E-state index in [1.54, 1.807) is 29.4 Å². The molecule has 0 atom stereocenters. The number of carboxylic acids is 1. The molecule has 6 nitrogen and oxygen atoms in total. The number of carboxylic acid groups (broad SMARTS) is 1. The lowest BCUT2D eigenvalue weighted by atomic mass is 9.90. The zero-order valence-electron chi connectivity index (χ0n) is 14.1. The van der Waals surface area contributed by atoms with E-state index in [9.17, 15) is 19.1 Å². The predicted octanol–water partition coefficient (Wildman–Crippen LogP) is 2.29. The molecule has 0 bridgehead atoms. The van der Waals surface area contributed by atoms with Crippen LogP contribution in [0.5, 0.6) is 5.75 Å². The molecule has 1 N–H and O–H groups in total. The van der Waals surface area contributed by atoms with Crippen molar-refractivity contribution in [3.63, 3.8) is 0 Å². The van der Waals surface area contributed by atoms with Crippen molar-refractivity contribution in [3.8, 4) is 5.75 Å². The lowest BCUT2D eigenvalue weighted by Gasteiger charge is -2.39. The molecular formula is C19H19FN2O4. The van der Waals surface area contributed by atoms with Gasteiger partial charge in [0.05, 0.1) is 6.42 Å². The van der Waals surface area contributed by atoms with Gasteiger partial charge in [-0.3, -0.25) is 9.78 Å². The van der Waals surface area contributed by atoms with Crippen LogP contribution in [0.1, 0.15) is 18.4 Å². The minimum Gasteiger partial charge on any atom is -0.478 e. The number of hydrogen-bond acceptors (Lipinski definition) is 4. The third-order valence-electron chi connectivity index (χ3n) is 4.53. The number of aliphatic carboxylic acids is 1. The van der Waals surface area contributed by atoms with E-state index >= 15 is 0 Å². The van der Waals surface area contributed by atoms with Gasteiger partial charge in [-0.2, -0.15) is 0 Å². The summed E-state index contributed by atoms with van der Waals surface area (Å²) in [6.07, 6.45) is 3.78. The van der Waals surface area contributed by atoms with Gasteiger partial charge in [0.15, 0.2) is 0 Å². The number of hydrogen-bond donors (Lipinski definition) is 1. The number of piperidine rings is 1. The summed E-state index contributed by atoms with van der Waals surface area (Å²) in [7, 11) is 0. The van der Waals surface area contributed by atoms with Gasteiger partial charge in [0.2, 0.25) is 11.5 Å². The van der Waals surface area contributed by atoms with Crippen LogP contribution in [0, 0.1) is 5.82 Å². The number of rotatable bonds is 5. The molecule has 0 unspecified atom stereocenters. The highest BCUT2D eigenvalue weighted by molar-refractivity contribution is 5.81. The van der Waals surface area contributed by atoms with Gasteiger partial charge in [-0.1, -0.05) is 6.07 Å². The van der Waals surface area contributed by atoms with Crippen LogP contribution in [-0.2, 0) is 16.0 Å². The molecule has 1 amide bonds. The lowest BCUT2D eigenvalue weighted by molar-refractivity contribution is -0.161. The third kappa shape index (κ3) is 3.99. The zero-order chi connectivity index (χ0) is 18.6. The van der Waals surface area contributed by atoms with Crippen molar-refractivity contribution < 1.29 is 23.8 Å². The summed E-state index contributed by atoms with van der Waals surface area (Å²) in [5.41, 5.74) is -0.600. The molecule has 0 aliphatic carbocycles. The maximum absolute atomic E-state index is 13.3. The van der Waals surface area contributed by atoms with Crippen LogP contribution in [0.4, 0.5) is 4.39 Å². The van der Waals surface area contributed by atoms with Gasteiger partial charge in [-0.25, -0.2) is 9.18 Å². The van der Waals surface area contributed by atoms with Crippen molar-refractivity contribution in [1.29, 1.82) is 0 Å². The Balaban J connectivity index is 1.65. The summed E-state index contributed by atoms with van der Waals surface area (Å²) in [6.45, 7) is 0.539. The van der Waals surface area contributed by atoms with E-state index < -0.39 is 17.4 Å². The largest absolute Gasteiger partial charge is 0.478 e. The summed E-state index contributed by atoms with van der Waals surface area (Å²) >= 11 is 0. The van der Waals surface area contributed by atoms with Crippen molar-refractivity contribution in [2.75, 3.05) is 13.1 Å². The first kappa shape index (κ1) is 17.8. The molecule has 1 aliphatic rings. The quantitative estimate of drug-likeness (QED) is 0.887. The Bertz CT molecular complexity index is 789. The molecule has 1 fully saturated rings. The van der Waals surface area contributed by atoms with E-state index in [1.807, 2.05) is 0 Å². The second-order valence-corrected chi connectivity index (χ2v) is 6.27. The third-order valence-corrected chi connectivity index (χ3v) is 4.53. The smallest absolute Gasteiger partial charge is 0.348 e. The molecule has 0 spiro atoms. The topological polar surface area (TPSA) is 79.7 Å². The monoisotopic (exact) mass is 358 g/mol.